The first-order valence-electron chi connectivity index (χ1n) is 8.14. The number of amides is 2. The quantitative estimate of drug-likeness (QED) is 0.247. The minimum absolute atomic E-state index is 0.143. The maximum atomic E-state index is 12.2. The van der Waals surface area contributed by atoms with E-state index in [9.17, 15) is 9.59 Å². The highest BCUT2D eigenvalue weighted by atomic mass is 32.2. The fourth-order valence-electron chi connectivity index (χ4n) is 2.36. The molecule has 0 fully saturated rings. The predicted molar refractivity (Wildman–Crippen MR) is 99.1 cm³/mol. The Kier molecular flexibility index (Phi) is 6.29. The van der Waals surface area contributed by atoms with Gasteiger partial charge >= 0.3 is 5.24 Å². The molecule has 0 bridgehead atoms. The van der Waals surface area contributed by atoms with E-state index in [-0.39, 0.29) is 16.9 Å². The second-order valence-corrected chi connectivity index (χ2v) is 6.48. The zero-order valence-electron chi connectivity index (χ0n) is 14.2. The molecule has 8 nitrogen and oxygen atoms in total. The average molecular weight is 387 g/mol. The summed E-state index contributed by atoms with van der Waals surface area (Å²) in [6.45, 7) is 0.763. The average Bonchev–Trinajstić information content (AvgIpc) is 3.14. The molecule has 1 heterocycles. The molecule has 0 radical (unpaired) electrons. The number of fused-ring (bicyclic) bond motifs is 1. The number of benzene rings is 2. The molecule has 0 saturated heterocycles. The minimum atomic E-state index is -0.686. The van der Waals surface area contributed by atoms with E-state index in [1.807, 2.05) is 36.4 Å². The molecule has 0 atom stereocenters. The Morgan fingerprint density at radius 1 is 1.15 bits per heavy atom. The van der Waals surface area contributed by atoms with Gasteiger partial charge in [0.05, 0.1) is 12.7 Å². The molecule has 0 unspecified atom stereocenters. The molecule has 9 heteroatoms. The second-order valence-electron chi connectivity index (χ2n) is 5.51. The number of hydrogen-bond donors (Lipinski definition) is 3. The lowest BCUT2D eigenvalue weighted by molar-refractivity contribution is 0.0951. The van der Waals surface area contributed by atoms with Crippen molar-refractivity contribution in [2.75, 3.05) is 13.2 Å². The molecule has 0 spiro atoms. The van der Waals surface area contributed by atoms with E-state index in [1.165, 1.54) is 11.5 Å². The van der Waals surface area contributed by atoms with Crippen LogP contribution in [0.1, 0.15) is 16.8 Å². The first-order valence-corrected chi connectivity index (χ1v) is 8.96. The molecular formula is C18H17N3O5S. The van der Waals surface area contributed by atoms with Gasteiger partial charge in [0.1, 0.15) is 0 Å². The van der Waals surface area contributed by atoms with Gasteiger partial charge in [-0.1, -0.05) is 30.3 Å². The first kappa shape index (κ1) is 18.7. The highest BCUT2D eigenvalue weighted by molar-refractivity contribution is 8.13. The van der Waals surface area contributed by atoms with Gasteiger partial charge in [-0.2, -0.15) is 0 Å². The molecule has 2 aromatic carbocycles. The third kappa shape index (κ3) is 5.22. The predicted octanol–water partition coefficient (Wildman–Crippen LogP) is 3.22. The van der Waals surface area contributed by atoms with Crippen molar-refractivity contribution in [1.29, 1.82) is 0 Å². The van der Waals surface area contributed by atoms with E-state index in [2.05, 4.69) is 10.5 Å². The van der Waals surface area contributed by atoms with Crippen LogP contribution in [0.2, 0.25) is 0 Å². The summed E-state index contributed by atoms with van der Waals surface area (Å²) in [7, 11) is 0. The van der Waals surface area contributed by atoms with Crippen LogP contribution in [0.15, 0.2) is 58.1 Å². The van der Waals surface area contributed by atoms with Crippen molar-refractivity contribution in [1.82, 2.24) is 16.0 Å². The largest absolute Gasteiger partial charge is 0.475 e. The summed E-state index contributed by atoms with van der Waals surface area (Å²) >= 11 is 0.644. The zero-order chi connectivity index (χ0) is 19.1. The van der Waals surface area contributed by atoms with Crippen LogP contribution >= 0.6 is 11.8 Å². The lowest BCUT2D eigenvalue weighted by Gasteiger charge is -2.06. The third-order valence-corrected chi connectivity index (χ3v) is 4.29. The van der Waals surface area contributed by atoms with E-state index in [0.717, 1.165) is 10.8 Å². The summed E-state index contributed by atoms with van der Waals surface area (Å²) in [6.07, 6.45) is 0.575. The zero-order valence-corrected chi connectivity index (χ0v) is 15.0. The molecule has 0 aliphatic carbocycles. The van der Waals surface area contributed by atoms with Crippen LogP contribution in [0.5, 0.6) is 5.88 Å². The highest BCUT2D eigenvalue weighted by Crippen LogP contribution is 2.22. The van der Waals surface area contributed by atoms with Crippen molar-refractivity contribution < 1.29 is 24.1 Å². The molecule has 140 valence electrons. The number of hydrogen-bond acceptors (Lipinski definition) is 7. The van der Waals surface area contributed by atoms with Gasteiger partial charge in [0.2, 0.25) is 5.09 Å². The van der Waals surface area contributed by atoms with Crippen LogP contribution in [0.4, 0.5) is 4.79 Å². The highest BCUT2D eigenvalue weighted by Gasteiger charge is 2.11. The van der Waals surface area contributed by atoms with Crippen LogP contribution in [-0.4, -0.2) is 34.7 Å². The summed E-state index contributed by atoms with van der Waals surface area (Å²) in [5, 5.41) is 16.5. The van der Waals surface area contributed by atoms with Crippen LogP contribution in [0.25, 0.3) is 10.8 Å². The molecule has 1 aromatic heterocycles. The fourth-order valence-corrected chi connectivity index (χ4v) is 2.82. The Labute approximate surface area is 158 Å². The Balaban J connectivity index is 1.40. The van der Waals surface area contributed by atoms with E-state index in [0.29, 0.717) is 36.9 Å². The molecule has 0 aliphatic heterocycles. The number of carbonyl (C=O) groups excluding carboxylic acids is 2. The minimum Gasteiger partial charge on any atom is -0.475 e. The van der Waals surface area contributed by atoms with Crippen molar-refractivity contribution >= 4 is 33.7 Å². The first-order chi connectivity index (χ1) is 13.2. The Morgan fingerprint density at radius 2 is 1.96 bits per heavy atom. The van der Waals surface area contributed by atoms with Gasteiger partial charge in [-0.25, -0.2) is 5.48 Å². The van der Waals surface area contributed by atoms with E-state index >= 15 is 0 Å². The second kappa shape index (κ2) is 9.06. The maximum Gasteiger partial charge on any atom is 0.310 e. The van der Waals surface area contributed by atoms with Gasteiger partial charge in [-0.3, -0.25) is 14.8 Å². The van der Waals surface area contributed by atoms with Crippen molar-refractivity contribution in [3.8, 4) is 5.88 Å². The molecule has 27 heavy (non-hydrogen) atoms. The van der Waals surface area contributed by atoms with Crippen molar-refractivity contribution in [3.05, 3.63) is 54.1 Å². The van der Waals surface area contributed by atoms with Gasteiger partial charge in [0.15, 0.2) is 0 Å². The Hall–Kier alpha value is -3.04. The summed E-state index contributed by atoms with van der Waals surface area (Å²) in [6, 6.07) is 14.9. The summed E-state index contributed by atoms with van der Waals surface area (Å²) in [5.41, 5.74) is 2.08. The Morgan fingerprint density at radius 3 is 2.78 bits per heavy atom. The molecule has 2 amide bonds. The lowest BCUT2D eigenvalue weighted by Crippen LogP contribution is -2.25. The van der Waals surface area contributed by atoms with Crippen LogP contribution in [0, 0.1) is 0 Å². The van der Waals surface area contributed by atoms with Crippen LogP contribution in [0.3, 0.4) is 0 Å². The number of aromatic nitrogens is 1. The number of thioether (sulfide) groups is 1. The van der Waals surface area contributed by atoms with Gasteiger partial charge < -0.3 is 14.6 Å². The molecule has 3 rings (SSSR count). The molecule has 0 aliphatic rings. The number of rotatable bonds is 7. The monoisotopic (exact) mass is 387 g/mol. The molecule has 3 N–H and O–H groups in total. The SMILES string of the molecule is O=C(NO)Sc1cc(OCCCNC(=O)c2ccc3ccccc3c2)no1. The molecule has 3 aromatic rings. The number of hydroxylamine groups is 1. The van der Waals surface area contributed by atoms with Crippen molar-refractivity contribution in [2.45, 2.75) is 11.5 Å². The normalized spacial score (nSPS) is 10.6. The number of ether oxygens (including phenoxy) is 1. The Bertz CT molecular complexity index is 943. The third-order valence-electron chi connectivity index (χ3n) is 3.62. The summed E-state index contributed by atoms with van der Waals surface area (Å²) in [5.74, 6) is 0.0833. The number of carbonyl (C=O) groups is 2. The van der Waals surface area contributed by atoms with E-state index in [1.54, 1.807) is 6.07 Å². The lowest BCUT2D eigenvalue weighted by atomic mass is 10.1. The summed E-state index contributed by atoms with van der Waals surface area (Å²) < 4.78 is 10.3. The standard InChI is InChI=1S/C18H17N3O5S/c22-17(14-7-6-12-4-1-2-5-13(12)10-14)19-8-3-9-25-15-11-16(26-21-15)27-18(23)20-24/h1-2,4-7,10-11,24H,3,8-9H2,(H,19,22)(H,20,23). The van der Waals surface area contributed by atoms with Crippen LogP contribution in [-0.2, 0) is 0 Å². The maximum absolute atomic E-state index is 12.2. The molecular weight excluding hydrogens is 370 g/mol. The number of nitrogens with zero attached hydrogens (tertiary/aromatic N) is 1. The van der Waals surface area contributed by atoms with Crippen molar-refractivity contribution in [3.63, 3.8) is 0 Å². The van der Waals surface area contributed by atoms with E-state index in [4.69, 9.17) is 14.5 Å². The van der Waals surface area contributed by atoms with Crippen LogP contribution < -0.4 is 15.5 Å². The summed E-state index contributed by atoms with van der Waals surface area (Å²) in [4.78, 5) is 23.2. The van der Waals surface area contributed by atoms with Crippen molar-refractivity contribution in [2.24, 2.45) is 0 Å². The van der Waals surface area contributed by atoms with Gasteiger partial charge in [0.25, 0.3) is 11.8 Å². The topological polar surface area (TPSA) is 114 Å². The molecule has 0 saturated carbocycles. The smallest absolute Gasteiger partial charge is 0.310 e. The van der Waals surface area contributed by atoms with Gasteiger partial charge in [0, 0.05) is 23.9 Å². The fraction of sp³-hybridized carbons (Fsp3) is 0.167. The number of nitrogens with one attached hydrogen (secondary N) is 2. The van der Waals surface area contributed by atoms with E-state index < -0.39 is 5.24 Å². The van der Waals surface area contributed by atoms with Gasteiger partial charge in [-0.05, 0) is 34.5 Å². The van der Waals surface area contributed by atoms with Gasteiger partial charge in [-0.15, -0.1) is 0 Å².